The molecule has 0 aliphatic rings. The number of ether oxygens (including phenoxy) is 2. The lowest BCUT2D eigenvalue weighted by atomic mass is 10.1. The zero-order valence-corrected chi connectivity index (χ0v) is 17.4. The van der Waals surface area contributed by atoms with Gasteiger partial charge in [-0.1, -0.05) is 11.6 Å². The second kappa shape index (κ2) is 9.93. The lowest BCUT2D eigenvalue weighted by Crippen LogP contribution is -2.20. The molecule has 2 amide bonds. The van der Waals surface area contributed by atoms with E-state index in [-0.39, 0.29) is 53.6 Å². The number of Topliss-reactive ketones (excluding diaryl/α,β-unsaturated/α-hetero) is 1. The minimum absolute atomic E-state index is 0.0669. The zero-order valence-electron chi connectivity index (χ0n) is 16.7. The predicted octanol–water partition coefficient (Wildman–Crippen LogP) is 3.13. The van der Waals surface area contributed by atoms with Crippen LogP contribution in [0.3, 0.4) is 0 Å². The third-order valence-corrected chi connectivity index (χ3v) is 4.34. The van der Waals surface area contributed by atoms with E-state index in [1.54, 1.807) is 19.1 Å². The highest BCUT2D eigenvalue weighted by Gasteiger charge is 2.29. The minimum Gasteiger partial charge on any atom is -0.496 e. The first kappa shape index (κ1) is 23.0. The number of rotatable bonds is 9. The Morgan fingerprint density at radius 2 is 1.87 bits per heavy atom. The third kappa shape index (κ3) is 5.18. The van der Waals surface area contributed by atoms with Crippen LogP contribution < -0.4 is 15.8 Å². The Morgan fingerprint density at radius 3 is 2.47 bits per heavy atom. The number of carbonyl (C=O) groups excluding carboxylic acids is 4. The topological polar surface area (TPSA) is 138 Å². The highest BCUT2D eigenvalue weighted by molar-refractivity contribution is 6.31. The highest BCUT2D eigenvalue weighted by atomic mass is 35.5. The number of esters is 1. The van der Waals surface area contributed by atoms with Gasteiger partial charge in [-0.05, 0) is 32.0 Å². The van der Waals surface area contributed by atoms with Gasteiger partial charge in [0.2, 0.25) is 11.8 Å². The fourth-order valence-electron chi connectivity index (χ4n) is 2.77. The van der Waals surface area contributed by atoms with Crippen molar-refractivity contribution in [2.24, 2.45) is 5.73 Å². The molecule has 0 atom stereocenters. The fourth-order valence-corrected chi connectivity index (χ4v) is 2.94. The maximum atomic E-state index is 12.5. The van der Waals surface area contributed by atoms with Crippen LogP contribution in [0.15, 0.2) is 22.6 Å². The van der Waals surface area contributed by atoms with Gasteiger partial charge in [-0.25, -0.2) is 4.79 Å². The van der Waals surface area contributed by atoms with Gasteiger partial charge in [0.1, 0.15) is 22.6 Å². The molecule has 1 heterocycles. The molecule has 2 rings (SSSR count). The molecule has 0 saturated heterocycles. The quantitative estimate of drug-likeness (QED) is 0.454. The van der Waals surface area contributed by atoms with E-state index < -0.39 is 17.8 Å². The molecular formula is C20H21ClN2O7. The van der Waals surface area contributed by atoms with Crippen LogP contribution >= 0.6 is 11.6 Å². The molecule has 1 aromatic carbocycles. The molecule has 9 nitrogen and oxygen atoms in total. The first-order valence-corrected chi connectivity index (χ1v) is 9.34. The van der Waals surface area contributed by atoms with E-state index in [4.69, 9.17) is 31.2 Å². The maximum absolute atomic E-state index is 12.5. The number of nitrogens with one attached hydrogen (secondary N) is 1. The number of amides is 2. The van der Waals surface area contributed by atoms with E-state index in [1.807, 2.05) is 0 Å². The van der Waals surface area contributed by atoms with E-state index in [1.165, 1.54) is 20.1 Å². The third-order valence-electron chi connectivity index (χ3n) is 4.10. The Bertz CT molecular complexity index is 997. The Labute approximate surface area is 177 Å². The molecule has 0 radical (unpaired) electrons. The number of nitrogens with two attached hydrogens (primary N) is 1. The number of methoxy groups -OCH3 is 1. The number of halogens is 1. The van der Waals surface area contributed by atoms with Gasteiger partial charge in [0.15, 0.2) is 5.78 Å². The molecule has 0 bridgehead atoms. The van der Waals surface area contributed by atoms with Crippen LogP contribution in [0.2, 0.25) is 5.02 Å². The number of hydrogen-bond acceptors (Lipinski definition) is 7. The van der Waals surface area contributed by atoms with Gasteiger partial charge in [-0.15, -0.1) is 0 Å². The minimum atomic E-state index is -0.968. The van der Waals surface area contributed by atoms with Crippen LogP contribution in [0.5, 0.6) is 5.75 Å². The lowest BCUT2D eigenvalue weighted by molar-refractivity contribution is -0.116. The van der Waals surface area contributed by atoms with Gasteiger partial charge >= 0.3 is 5.97 Å². The molecular weight excluding hydrogens is 416 g/mol. The highest BCUT2D eigenvalue weighted by Crippen LogP contribution is 2.28. The van der Waals surface area contributed by atoms with Crippen molar-refractivity contribution < 1.29 is 33.1 Å². The van der Waals surface area contributed by atoms with Gasteiger partial charge in [0.25, 0.3) is 5.91 Å². The Balaban J connectivity index is 2.14. The summed E-state index contributed by atoms with van der Waals surface area (Å²) in [6.45, 7) is 3.12. The van der Waals surface area contributed by atoms with E-state index in [0.29, 0.717) is 10.8 Å². The monoisotopic (exact) mass is 436 g/mol. The van der Waals surface area contributed by atoms with Crippen LogP contribution in [-0.2, 0) is 9.53 Å². The summed E-state index contributed by atoms with van der Waals surface area (Å²) in [6.07, 6.45) is -0.375. The molecule has 0 unspecified atom stereocenters. The largest absolute Gasteiger partial charge is 0.496 e. The normalized spacial score (nSPS) is 10.4. The Hall–Kier alpha value is -3.33. The molecule has 0 spiro atoms. The fraction of sp³-hybridized carbons (Fsp3) is 0.300. The molecule has 0 aliphatic carbocycles. The molecule has 10 heteroatoms. The number of aryl methyl sites for hydroxylation is 1. The van der Waals surface area contributed by atoms with Crippen molar-refractivity contribution >= 4 is 41.1 Å². The second-order valence-corrected chi connectivity index (χ2v) is 6.57. The van der Waals surface area contributed by atoms with Crippen molar-refractivity contribution in [1.29, 1.82) is 0 Å². The van der Waals surface area contributed by atoms with Crippen molar-refractivity contribution in [2.75, 3.05) is 19.0 Å². The predicted molar refractivity (Wildman–Crippen MR) is 108 cm³/mol. The summed E-state index contributed by atoms with van der Waals surface area (Å²) in [5.41, 5.74) is 5.15. The van der Waals surface area contributed by atoms with Gasteiger partial charge < -0.3 is 19.6 Å². The smallest absolute Gasteiger partial charge is 0.342 e. The number of benzene rings is 1. The molecule has 0 aliphatic heterocycles. The van der Waals surface area contributed by atoms with Crippen molar-refractivity contribution in [3.63, 3.8) is 0 Å². The zero-order chi connectivity index (χ0) is 22.4. The molecule has 0 saturated carbocycles. The molecule has 0 fully saturated rings. The number of hydrogen-bond donors (Lipinski definition) is 2. The van der Waals surface area contributed by atoms with Gasteiger partial charge in [-0.2, -0.15) is 0 Å². The number of anilines is 1. The van der Waals surface area contributed by atoms with Crippen LogP contribution in [0, 0.1) is 6.92 Å². The average Bonchev–Trinajstić information content (AvgIpc) is 3.02. The van der Waals surface area contributed by atoms with Gasteiger partial charge in [0, 0.05) is 17.9 Å². The number of carbonyl (C=O) groups is 4. The molecule has 3 N–H and O–H groups in total. The van der Waals surface area contributed by atoms with E-state index in [9.17, 15) is 19.2 Å². The van der Waals surface area contributed by atoms with Crippen molar-refractivity contribution in [3.8, 4) is 5.75 Å². The second-order valence-electron chi connectivity index (χ2n) is 6.14. The Morgan fingerprint density at radius 1 is 1.17 bits per heavy atom. The van der Waals surface area contributed by atoms with Crippen LogP contribution in [-0.4, -0.2) is 37.3 Å². The van der Waals surface area contributed by atoms with E-state index in [0.717, 1.165) is 0 Å². The first-order chi connectivity index (χ1) is 14.2. The summed E-state index contributed by atoms with van der Waals surface area (Å²) in [5, 5.41) is 2.73. The summed E-state index contributed by atoms with van der Waals surface area (Å²) >= 11 is 5.92. The van der Waals surface area contributed by atoms with Crippen molar-refractivity contribution in [3.05, 3.63) is 45.7 Å². The Kier molecular flexibility index (Phi) is 7.60. The number of primary amides is 1. The molecule has 30 heavy (non-hydrogen) atoms. The summed E-state index contributed by atoms with van der Waals surface area (Å²) in [6, 6.07) is 4.58. The molecule has 160 valence electrons. The summed E-state index contributed by atoms with van der Waals surface area (Å²) in [5.74, 6) is -2.61. The van der Waals surface area contributed by atoms with Gasteiger partial charge in [-0.3, -0.25) is 19.7 Å². The van der Waals surface area contributed by atoms with Crippen LogP contribution in [0.25, 0.3) is 0 Å². The van der Waals surface area contributed by atoms with Crippen molar-refractivity contribution in [2.45, 2.75) is 26.7 Å². The summed E-state index contributed by atoms with van der Waals surface area (Å²) in [7, 11) is 1.42. The van der Waals surface area contributed by atoms with Crippen LogP contribution in [0.4, 0.5) is 5.88 Å². The number of ketones is 1. The van der Waals surface area contributed by atoms with E-state index in [2.05, 4.69) is 5.32 Å². The SMILES string of the molecule is CCOC(=O)c1c(C)oc(NC(=O)CCC(=O)c2cc(Cl)ccc2OC)c1C(N)=O. The summed E-state index contributed by atoms with van der Waals surface area (Å²) < 4.78 is 15.4. The van der Waals surface area contributed by atoms with Crippen LogP contribution in [0.1, 0.15) is 56.6 Å². The van der Waals surface area contributed by atoms with Gasteiger partial charge in [0.05, 0.1) is 19.3 Å². The van der Waals surface area contributed by atoms with E-state index >= 15 is 0 Å². The summed E-state index contributed by atoms with van der Waals surface area (Å²) in [4.78, 5) is 48.7. The lowest BCUT2D eigenvalue weighted by Gasteiger charge is -2.08. The molecule has 2 aromatic rings. The van der Waals surface area contributed by atoms with Crippen molar-refractivity contribution in [1.82, 2.24) is 0 Å². The standard InChI is InChI=1S/C20H21ClN2O7/c1-4-29-20(27)16-10(2)30-19(17(16)18(22)26)23-15(25)8-6-13(24)12-9-11(21)5-7-14(12)28-3/h5,7,9H,4,6,8H2,1-3H3,(H2,22,26)(H,23,25). The molecule has 1 aromatic heterocycles. The average molecular weight is 437 g/mol. The first-order valence-electron chi connectivity index (χ1n) is 8.96. The maximum Gasteiger partial charge on any atom is 0.342 e. The number of furan rings is 1.